The summed E-state index contributed by atoms with van der Waals surface area (Å²) < 4.78 is 0. The van der Waals surface area contributed by atoms with Gasteiger partial charge >= 0.3 is 0 Å². The average Bonchev–Trinajstić information content (AvgIpc) is 3.50. The van der Waals surface area contributed by atoms with Gasteiger partial charge < -0.3 is 15.7 Å². The predicted molar refractivity (Wildman–Crippen MR) is 155 cm³/mol. The summed E-state index contributed by atoms with van der Waals surface area (Å²) in [5.41, 5.74) is 7.69. The molecule has 5 rings (SSSR count). The van der Waals surface area contributed by atoms with Crippen molar-refractivity contribution in [1.82, 2.24) is 35.5 Å². The largest absolute Gasteiger partial charge is 0.335 e. The van der Waals surface area contributed by atoms with Crippen molar-refractivity contribution < 1.29 is 4.79 Å². The molecule has 9 heteroatoms. The van der Waals surface area contributed by atoms with Crippen LogP contribution in [0.15, 0.2) is 67.4 Å². The molecular weight excluding hydrogens is 488 g/mol. The summed E-state index contributed by atoms with van der Waals surface area (Å²) in [6.45, 7) is 12.0. The number of hydrogen-bond acceptors (Lipinski definition) is 6. The van der Waals surface area contributed by atoms with Crippen molar-refractivity contribution in [3.63, 3.8) is 0 Å². The van der Waals surface area contributed by atoms with Crippen LogP contribution in [0.25, 0.3) is 50.2 Å². The molecule has 0 saturated carbocycles. The maximum atomic E-state index is 12.3. The van der Waals surface area contributed by atoms with E-state index >= 15 is 0 Å². The molecule has 1 amide bonds. The lowest BCUT2D eigenvalue weighted by Gasteiger charge is -2.17. The first kappa shape index (κ1) is 25.7. The number of H-pyrrole nitrogens is 2. The van der Waals surface area contributed by atoms with Gasteiger partial charge in [0.15, 0.2) is 5.82 Å². The van der Waals surface area contributed by atoms with Gasteiger partial charge in [-0.1, -0.05) is 33.4 Å². The van der Waals surface area contributed by atoms with Gasteiger partial charge in [-0.2, -0.15) is 5.10 Å². The molecule has 0 spiro atoms. The molecule has 0 bridgehead atoms. The van der Waals surface area contributed by atoms with Crippen LogP contribution in [0.3, 0.4) is 0 Å². The lowest BCUT2D eigenvalue weighted by Crippen LogP contribution is -2.26. The van der Waals surface area contributed by atoms with E-state index in [9.17, 15) is 4.79 Å². The first-order valence-corrected chi connectivity index (χ1v) is 12.6. The van der Waals surface area contributed by atoms with E-state index in [-0.39, 0.29) is 11.3 Å². The molecule has 0 aliphatic carbocycles. The number of aromatic amines is 2. The Morgan fingerprint density at radius 1 is 1.10 bits per heavy atom. The van der Waals surface area contributed by atoms with E-state index in [1.165, 1.54) is 6.21 Å². The molecule has 4 aromatic heterocycles. The molecule has 4 N–H and O–H groups in total. The summed E-state index contributed by atoms with van der Waals surface area (Å²) in [5, 5.41) is 19.3. The second-order valence-electron chi connectivity index (χ2n) is 10.7. The zero-order chi connectivity index (χ0) is 27.7. The Kier molecular flexibility index (Phi) is 6.66. The van der Waals surface area contributed by atoms with E-state index in [0.717, 1.165) is 44.2 Å². The number of carbonyl (C=O) groups is 1. The Balaban J connectivity index is 1.51. The van der Waals surface area contributed by atoms with E-state index in [1.807, 2.05) is 58.2 Å². The third kappa shape index (κ3) is 5.38. The van der Waals surface area contributed by atoms with Crippen molar-refractivity contribution in [3.8, 4) is 22.6 Å². The molecule has 196 valence electrons. The first-order valence-electron chi connectivity index (χ1n) is 12.6. The normalized spacial score (nSPS) is 12.2. The SMILES string of the molecule is C=C(/C=C(\C=N)c1ccc2[nH]nc(-c3nc4c(-c5cnccc5C)cncc4[nH]3)c2c1)NC(=O)CC(C)(C)C. The van der Waals surface area contributed by atoms with Gasteiger partial charge in [-0.15, -0.1) is 0 Å². The fourth-order valence-corrected chi connectivity index (χ4v) is 4.50. The number of carbonyl (C=O) groups excluding carboxylic acids is 1. The van der Waals surface area contributed by atoms with Crippen LogP contribution in [-0.2, 0) is 4.79 Å². The van der Waals surface area contributed by atoms with Crippen molar-refractivity contribution in [2.75, 3.05) is 0 Å². The fourth-order valence-electron chi connectivity index (χ4n) is 4.50. The molecule has 5 aromatic rings. The molecular formula is C30H30N8O. The van der Waals surface area contributed by atoms with Crippen LogP contribution in [0.2, 0.25) is 0 Å². The van der Waals surface area contributed by atoms with E-state index in [1.54, 1.807) is 24.7 Å². The van der Waals surface area contributed by atoms with Gasteiger partial charge in [0.05, 0.1) is 17.2 Å². The third-order valence-electron chi connectivity index (χ3n) is 6.32. The second-order valence-corrected chi connectivity index (χ2v) is 10.7. The number of hydrogen-bond donors (Lipinski definition) is 4. The molecule has 9 nitrogen and oxygen atoms in total. The molecule has 1 aromatic carbocycles. The minimum absolute atomic E-state index is 0.110. The van der Waals surface area contributed by atoms with Crippen molar-refractivity contribution in [1.29, 1.82) is 5.41 Å². The molecule has 0 aliphatic rings. The van der Waals surface area contributed by atoms with Crippen LogP contribution >= 0.6 is 0 Å². The number of aryl methyl sites for hydroxylation is 1. The van der Waals surface area contributed by atoms with Crippen LogP contribution in [0, 0.1) is 17.7 Å². The summed E-state index contributed by atoms with van der Waals surface area (Å²) in [6, 6.07) is 7.72. The number of fused-ring (bicyclic) bond motifs is 2. The number of amides is 1. The van der Waals surface area contributed by atoms with Crippen molar-refractivity contribution in [2.45, 2.75) is 34.1 Å². The summed E-state index contributed by atoms with van der Waals surface area (Å²) in [6.07, 6.45) is 10.5. The van der Waals surface area contributed by atoms with E-state index in [0.29, 0.717) is 29.2 Å². The highest BCUT2D eigenvalue weighted by Crippen LogP contribution is 2.32. The van der Waals surface area contributed by atoms with Gasteiger partial charge in [-0.3, -0.25) is 19.9 Å². The summed E-state index contributed by atoms with van der Waals surface area (Å²) in [7, 11) is 0. The average molecular weight is 519 g/mol. The Morgan fingerprint density at radius 2 is 1.90 bits per heavy atom. The highest BCUT2D eigenvalue weighted by atomic mass is 16.1. The zero-order valence-electron chi connectivity index (χ0n) is 22.4. The van der Waals surface area contributed by atoms with Crippen LogP contribution in [0.1, 0.15) is 38.3 Å². The van der Waals surface area contributed by atoms with Crippen molar-refractivity contribution >= 4 is 39.6 Å². The predicted octanol–water partition coefficient (Wildman–Crippen LogP) is 5.97. The standard InChI is InChI=1S/C30H30N8O/c1-17-8-9-32-14-22(17)23-15-33-16-25-27(23)36-29(35-25)28-21-11-19(6-7-24(21)37-38-28)20(13-31)10-18(2)34-26(39)12-30(3,4)5/h6-11,13-16,31H,2,12H2,1,3-5H3,(H,34,39)(H,35,36)(H,37,38)/b20-10+,31-13?. The molecule has 0 atom stereocenters. The highest BCUT2D eigenvalue weighted by molar-refractivity contribution is 6.10. The zero-order valence-corrected chi connectivity index (χ0v) is 22.4. The van der Waals surface area contributed by atoms with Crippen molar-refractivity contribution in [2.24, 2.45) is 5.41 Å². The van der Waals surface area contributed by atoms with Gasteiger partial charge in [-0.05, 0) is 47.7 Å². The molecule has 0 aliphatic heterocycles. The van der Waals surface area contributed by atoms with Gasteiger partial charge in [0.2, 0.25) is 5.91 Å². The maximum absolute atomic E-state index is 12.3. The topological polar surface area (TPSA) is 136 Å². The van der Waals surface area contributed by atoms with Crippen LogP contribution in [0.5, 0.6) is 0 Å². The minimum Gasteiger partial charge on any atom is -0.335 e. The number of nitrogens with one attached hydrogen (secondary N) is 4. The van der Waals surface area contributed by atoms with Crippen molar-refractivity contribution in [3.05, 3.63) is 78.5 Å². The molecule has 4 heterocycles. The number of pyridine rings is 2. The minimum atomic E-state index is -0.133. The summed E-state index contributed by atoms with van der Waals surface area (Å²) in [4.78, 5) is 29.3. The quantitative estimate of drug-likeness (QED) is 0.155. The Hall–Kier alpha value is -4.92. The number of imidazole rings is 1. The number of benzene rings is 1. The van der Waals surface area contributed by atoms with Gasteiger partial charge in [0, 0.05) is 59.0 Å². The van der Waals surface area contributed by atoms with E-state index in [4.69, 9.17) is 10.4 Å². The highest BCUT2D eigenvalue weighted by Gasteiger charge is 2.18. The number of nitrogens with zero attached hydrogens (tertiary/aromatic N) is 4. The summed E-state index contributed by atoms with van der Waals surface area (Å²) >= 11 is 0. The Morgan fingerprint density at radius 3 is 2.64 bits per heavy atom. The summed E-state index contributed by atoms with van der Waals surface area (Å²) in [5.74, 6) is 0.490. The van der Waals surface area contributed by atoms with E-state index < -0.39 is 0 Å². The molecule has 0 fully saturated rings. The molecule has 39 heavy (non-hydrogen) atoms. The molecule has 0 saturated heterocycles. The van der Waals surface area contributed by atoms with Crippen LogP contribution < -0.4 is 5.32 Å². The smallest absolute Gasteiger partial charge is 0.224 e. The number of rotatable bonds is 7. The van der Waals surface area contributed by atoms with Gasteiger partial charge in [0.1, 0.15) is 11.2 Å². The van der Waals surface area contributed by atoms with Gasteiger partial charge in [-0.25, -0.2) is 4.98 Å². The second kappa shape index (κ2) is 10.1. The fraction of sp³-hybridized carbons (Fsp3) is 0.200. The number of aromatic nitrogens is 6. The van der Waals surface area contributed by atoms with Crippen LogP contribution in [-0.4, -0.2) is 42.3 Å². The van der Waals surface area contributed by atoms with Gasteiger partial charge in [0.25, 0.3) is 0 Å². The first-order chi connectivity index (χ1) is 18.6. The third-order valence-corrected chi connectivity index (χ3v) is 6.32. The molecule has 0 unspecified atom stereocenters. The lowest BCUT2D eigenvalue weighted by molar-refractivity contribution is -0.122. The molecule has 0 radical (unpaired) electrons. The Labute approximate surface area is 226 Å². The monoisotopic (exact) mass is 518 g/mol. The van der Waals surface area contributed by atoms with E-state index in [2.05, 4.69) is 37.0 Å². The van der Waals surface area contributed by atoms with Crippen LogP contribution in [0.4, 0.5) is 0 Å². The lowest BCUT2D eigenvalue weighted by atomic mass is 9.92. The Bertz CT molecular complexity index is 1770. The maximum Gasteiger partial charge on any atom is 0.224 e. The number of allylic oxidation sites excluding steroid dienone is 2.